The Hall–Kier alpha value is -0.920. The van der Waals surface area contributed by atoms with Crippen molar-refractivity contribution in [2.24, 2.45) is 0 Å². The van der Waals surface area contributed by atoms with E-state index in [1.165, 1.54) is 0 Å². The van der Waals surface area contributed by atoms with Crippen LogP contribution in [0.2, 0.25) is 0 Å². The number of sulfonamides is 1. The molecule has 1 aromatic heterocycles. The predicted molar refractivity (Wildman–Crippen MR) is 65.0 cm³/mol. The third kappa shape index (κ3) is 5.29. The summed E-state index contributed by atoms with van der Waals surface area (Å²) in [7, 11) is -3.32. The molecule has 0 radical (unpaired) electrons. The zero-order chi connectivity index (χ0) is 12.9. The molecule has 0 spiro atoms. The van der Waals surface area contributed by atoms with E-state index >= 15 is 0 Å². The van der Waals surface area contributed by atoms with E-state index in [1.807, 2.05) is 13.8 Å². The monoisotopic (exact) mass is 261 g/mol. The first-order valence-electron chi connectivity index (χ1n) is 5.51. The quantitative estimate of drug-likeness (QED) is 0.761. The number of rotatable bonds is 7. The van der Waals surface area contributed by atoms with Gasteiger partial charge in [-0.2, -0.15) is 5.10 Å². The Morgan fingerprint density at radius 1 is 1.47 bits per heavy atom. The van der Waals surface area contributed by atoms with Gasteiger partial charge in [0.1, 0.15) is 0 Å². The van der Waals surface area contributed by atoms with Gasteiger partial charge >= 0.3 is 0 Å². The molecule has 0 amide bonds. The van der Waals surface area contributed by atoms with Gasteiger partial charge in [-0.05, 0) is 20.8 Å². The van der Waals surface area contributed by atoms with Gasteiger partial charge in [-0.25, -0.2) is 13.1 Å². The van der Waals surface area contributed by atoms with Gasteiger partial charge in [0.25, 0.3) is 0 Å². The number of H-pyrrole nitrogens is 1. The number of hydrogen-bond acceptors (Lipinski definition) is 4. The molecule has 0 aliphatic rings. The van der Waals surface area contributed by atoms with E-state index in [2.05, 4.69) is 14.9 Å². The van der Waals surface area contributed by atoms with Gasteiger partial charge in [-0.15, -0.1) is 0 Å². The van der Waals surface area contributed by atoms with E-state index in [0.29, 0.717) is 0 Å². The molecule has 17 heavy (non-hydrogen) atoms. The van der Waals surface area contributed by atoms with Crippen LogP contribution in [0.15, 0.2) is 12.4 Å². The SMILES string of the molecule is CC(C)OCCS(=O)(=O)NC(C)c1cn[nH]c1. The summed E-state index contributed by atoms with van der Waals surface area (Å²) < 4.78 is 31.2. The summed E-state index contributed by atoms with van der Waals surface area (Å²) in [6.45, 7) is 5.71. The molecule has 2 N–H and O–H groups in total. The van der Waals surface area contributed by atoms with Crippen LogP contribution in [0.25, 0.3) is 0 Å². The van der Waals surface area contributed by atoms with Crippen LogP contribution < -0.4 is 4.72 Å². The summed E-state index contributed by atoms with van der Waals surface area (Å²) in [5.74, 6) is -0.0344. The molecule has 0 saturated carbocycles. The van der Waals surface area contributed by atoms with Crippen molar-refractivity contribution in [2.75, 3.05) is 12.4 Å². The Bertz CT molecular complexity index is 414. The number of hydrogen-bond donors (Lipinski definition) is 2. The average Bonchev–Trinajstić information content (AvgIpc) is 2.68. The molecule has 1 rings (SSSR count). The number of nitrogens with zero attached hydrogens (tertiary/aromatic N) is 1. The molecular formula is C10H19N3O3S. The van der Waals surface area contributed by atoms with E-state index in [1.54, 1.807) is 19.3 Å². The molecule has 0 aliphatic heterocycles. The van der Waals surface area contributed by atoms with Crippen LogP contribution >= 0.6 is 0 Å². The molecule has 0 bridgehead atoms. The minimum atomic E-state index is -3.32. The van der Waals surface area contributed by atoms with E-state index in [4.69, 9.17) is 4.74 Å². The number of ether oxygens (including phenoxy) is 1. The van der Waals surface area contributed by atoms with Crippen molar-refractivity contribution in [3.63, 3.8) is 0 Å². The molecule has 6 nitrogen and oxygen atoms in total. The maximum Gasteiger partial charge on any atom is 0.214 e. The summed E-state index contributed by atoms with van der Waals surface area (Å²) in [4.78, 5) is 0. The molecule has 0 aromatic carbocycles. The summed E-state index contributed by atoms with van der Waals surface area (Å²) in [6.07, 6.45) is 3.30. The zero-order valence-corrected chi connectivity index (χ0v) is 11.1. The highest BCUT2D eigenvalue weighted by Crippen LogP contribution is 2.10. The smallest absolute Gasteiger partial charge is 0.214 e. The first-order chi connectivity index (χ1) is 7.91. The fourth-order valence-electron chi connectivity index (χ4n) is 1.29. The van der Waals surface area contributed by atoms with E-state index in [-0.39, 0.29) is 24.5 Å². The van der Waals surface area contributed by atoms with Crippen LogP contribution in [-0.2, 0) is 14.8 Å². The van der Waals surface area contributed by atoms with Crippen molar-refractivity contribution in [3.8, 4) is 0 Å². The number of aromatic nitrogens is 2. The van der Waals surface area contributed by atoms with Crippen molar-refractivity contribution in [2.45, 2.75) is 32.9 Å². The second kappa shape index (κ2) is 6.13. The molecule has 1 atom stereocenters. The van der Waals surface area contributed by atoms with Crippen molar-refractivity contribution in [1.29, 1.82) is 0 Å². The third-order valence-corrected chi connectivity index (χ3v) is 3.60. The van der Waals surface area contributed by atoms with Gasteiger partial charge in [0, 0.05) is 17.8 Å². The van der Waals surface area contributed by atoms with Crippen LogP contribution in [0.4, 0.5) is 0 Å². The summed E-state index contributed by atoms with van der Waals surface area (Å²) in [5, 5.41) is 6.42. The van der Waals surface area contributed by atoms with Crippen LogP contribution in [0.5, 0.6) is 0 Å². The van der Waals surface area contributed by atoms with Gasteiger partial charge in [0.2, 0.25) is 10.0 Å². The van der Waals surface area contributed by atoms with Gasteiger partial charge in [-0.3, -0.25) is 5.10 Å². The highest BCUT2D eigenvalue weighted by Gasteiger charge is 2.16. The molecule has 0 fully saturated rings. The standard InChI is InChI=1S/C10H19N3O3S/c1-8(2)16-4-5-17(14,15)13-9(3)10-6-11-12-7-10/h6-9,13H,4-5H2,1-3H3,(H,11,12). The number of aromatic amines is 1. The molecule has 98 valence electrons. The fourth-order valence-corrected chi connectivity index (χ4v) is 2.40. The fraction of sp³-hybridized carbons (Fsp3) is 0.700. The molecule has 0 aliphatic carbocycles. The lowest BCUT2D eigenvalue weighted by atomic mass is 10.2. The molecule has 1 unspecified atom stereocenters. The van der Waals surface area contributed by atoms with E-state index in [9.17, 15) is 8.42 Å². The molecular weight excluding hydrogens is 242 g/mol. The topological polar surface area (TPSA) is 84.1 Å². The van der Waals surface area contributed by atoms with Gasteiger partial charge < -0.3 is 4.74 Å². The first kappa shape index (κ1) is 14.1. The molecule has 1 heterocycles. The second-order valence-corrected chi connectivity index (χ2v) is 5.98. The largest absolute Gasteiger partial charge is 0.378 e. The lowest BCUT2D eigenvalue weighted by molar-refractivity contribution is 0.0911. The van der Waals surface area contributed by atoms with Crippen LogP contribution in [-0.4, -0.2) is 37.1 Å². The summed E-state index contributed by atoms with van der Waals surface area (Å²) >= 11 is 0. The summed E-state index contributed by atoms with van der Waals surface area (Å²) in [5.41, 5.74) is 0.804. The van der Waals surface area contributed by atoms with E-state index < -0.39 is 10.0 Å². The van der Waals surface area contributed by atoms with Gasteiger partial charge in [0.05, 0.1) is 24.7 Å². The third-order valence-electron chi connectivity index (χ3n) is 2.18. The van der Waals surface area contributed by atoms with Crippen LogP contribution in [0.3, 0.4) is 0 Å². The van der Waals surface area contributed by atoms with Gasteiger partial charge in [0.15, 0.2) is 0 Å². The van der Waals surface area contributed by atoms with Crippen LogP contribution in [0.1, 0.15) is 32.4 Å². The Kier molecular flexibility index (Phi) is 5.10. The lowest BCUT2D eigenvalue weighted by Crippen LogP contribution is -2.31. The molecule has 0 saturated heterocycles. The predicted octanol–water partition coefficient (Wildman–Crippen LogP) is 0.815. The van der Waals surface area contributed by atoms with Crippen molar-refractivity contribution in [3.05, 3.63) is 18.0 Å². The highest BCUT2D eigenvalue weighted by atomic mass is 32.2. The maximum absolute atomic E-state index is 11.7. The highest BCUT2D eigenvalue weighted by molar-refractivity contribution is 7.89. The Morgan fingerprint density at radius 3 is 2.71 bits per heavy atom. The number of nitrogens with one attached hydrogen (secondary N) is 2. The van der Waals surface area contributed by atoms with Crippen molar-refractivity contribution >= 4 is 10.0 Å². The normalized spacial score (nSPS) is 14.1. The summed E-state index contributed by atoms with van der Waals surface area (Å²) in [6, 6.07) is -0.294. The van der Waals surface area contributed by atoms with E-state index in [0.717, 1.165) is 5.56 Å². The Balaban J connectivity index is 2.44. The van der Waals surface area contributed by atoms with Crippen molar-refractivity contribution < 1.29 is 13.2 Å². The molecule has 7 heteroatoms. The zero-order valence-electron chi connectivity index (χ0n) is 10.3. The average molecular weight is 261 g/mol. The maximum atomic E-state index is 11.7. The minimum Gasteiger partial charge on any atom is -0.378 e. The Morgan fingerprint density at radius 2 is 2.18 bits per heavy atom. The van der Waals surface area contributed by atoms with Crippen LogP contribution in [0, 0.1) is 0 Å². The van der Waals surface area contributed by atoms with Crippen molar-refractivity contribution in [1.82, 2.24) is 14.9 Å². The molecule has 1 aromatic rings. The lowest BCUT2D eigenvalue weighted by Gasteiger charge is -2.13. The Labute approximate surface area is 102 Å². The second-order valence-electron chi connectivity index (χ2n) is 4.11. The minimum absolute atomic E-state index is 0.0344. The first-order valence-corrected chi connectivity index (χ1v) is 7.16. The van der Waals surface area contributed by atoms with Gasteiger partial charge in [-0.1, -0.05) is 0 Å².